The molecule has 1 amide bonds. The Morgan fingerprint density at radius 1 is 1.07 bits per heavy atom. The van der Waals surface area contributed by atoms with Crippen LogP contribution in [0.5, 0.6) is 0 Å². The Morgan fingerprint density at radius 2 is 1.90 bits per heavy atom. The van der Waals surface area contributed by atoms with Crippen LogP contribution in [0, 0.1) is 0 Å². The third kappa shape index (κ3) is 4.80. The Hall–Kier alpha value is -2.90. The molecule has 8 heteroatoms. The minimum Gasteiger partial charge on any atom is -0.384 e. The maximum Gasteiger partial charge on any atom is 0.252 e. The van der Waals surface area contributed by atoms with Crippen molar-refractivity contribution >= 4 is 40.7 Å². The molecule has 0 aliphatic heterocycles. The van der Waals surface area contributed by atoms with E-state index in [0.29, 0.717) is 17.9 Å². The lowest BCUT2D eigenvalue weighted by Crippen LogP contribution is -2.26. The molecule has 2 heterocycles. The molecule has 30 heavy (non-hydrogen) atoms. The second kappa shape index (κ2) is 10.2. The van der Waals surface area contributed by atoms with Crippen LogP contribution in [0.3, 0.4) is 0 Å². The lowest BCUT2D eigenvalue weighted by atomic mass is 9.92. The molecule has 1 aliphatic rings. The summed E-state index contributed by atoms with van der Waals surface area (Å²) in [5, 5.41) is 7.74. The molecule has 2 aromatic heterocycles. The molecule has 0 saturated carbocycles. The van der Waals surface area contributed by atoms with E-state index in [9.17, 15) is 4.79 Å². The number of carbonyl (C=O) groups is 1. The number of benzene rings is 1. The van der Waals surface area contributed by atoms with Crippen molar-refractivity contribution in [3.8, 4) is 0 Å². The van der Waals surface area contributed by atoms with Gasteiger partial charge in [0.15, 0.2) is 0 Å². The first-order valence-electron chi connectivity index (χ1n) is 10.1. The zero-order valence-electron chi connectivity index (χ0n) is 16.8. The highest BCUT2D eigenvalue weighted by atomic mass is 35.5. The molecule has 1 aromatic carbocycles. The largest absolute Gasteiger partial charge is 0.384 e. The van der Waals surface area contributed by atoms with Gasteiger partial charge in [-0.25, -0.2) is 10.8 Å². The smallest absolute Gasteiger partial charge is 0.252 e. The number of hydrazine groups is 1. The first kappa shape index (κ1) is 21.8. The van der Waals surface area contributed by atoms with E-state index in [1.807, 2.05) is 6.07 Å². The van der Waals surface area contributed by atoms with E-state index >= 15 is 0 Å². The number of nitrogens with one attached hydrogen (secondary N) is 3. The molecule has 1 aliphatic carbocycles. The van der Waals surface area contributed by atoms with Crippen molar-refractivity contribution in [1.29, 1.82) is 0 Å². The molecular formula is C22H27ClN6O. The summed E-state index contributed by atoms with van der Waals surface area (Å²) >= 11 is 0. The Bertz CT molecular complexity index is 1010. The van der Waals surface area contributed by atoms with Gasteiger partial charge < -0.3 is 16.1 Å². The molecule has 4 rings (SSSR count). The average molecular weight is 427 g/mol. The number of rotatable bonds is 7. The van der Waals surface area contributed by atoms with Crippen LogP contribution in [0.15, 0.2) is 42.6 Å². The monoisotopic (exact) mass is 426 g/mol. The lowest BCUT2D eigenvalue weighted by Gasteiger charge is -2.21. The summed E-state index contributed by atoms with van der Waals surface area (Å²) in [7, 11) is 0. The number of carbonyl (C=O) groups excluding carboxylic acids is 1. The maximum atomic E-state index is 12.2. The number of fused-ring (bicyclic) bond motifs is 2. The van der Waals surface area contributed by atoms with Gasteiger partial charge in [0.05, 0.1) is 11.1 Å². The summed E-state index contributed by atoms with van der Waals surface area (Å²) in [5.74, 6) is 5.69. The summed E-state index contributed by atoms with van der Waals surface area (Å²) in [6, 6.07) is 11.7. The standard InChI is InChI=1S/C22H26N6O.ClH/c23-28-20-11-10-15(14-26-20)22(29)25-13-5-12-24-21-16-6-1-3-8-18(16)27-19-9-4-2-7-17(19)21;/h1,3,6,8,10-11,14H,2,4-5,7,9,12-13,23H2,(H,24,27)(H,25,29)(H,26,28);1H. The van der Waals surface area contributed by atoms with Gasteiger partial charge in [0.1, 0.15) is 5.82 Å². The first-order valence-corrected chi connectivity index (χ1v) is 10.1. The molecular weight excluding hydrogens is 400 g/mol. The van der Waals surface area contributed by atoms with Gasteiger partial charge in [-0.1, -0.05) is 18.2 Å². The molecule has 0 saturated heterocycles. The Kier molecular flexibility index (Phi) is 7.43. The van der Waals surface area contributed by atoms with Crippen molar-refractivity contribution in [3.05, 3.63) is 59.4 Å². The highest BCUT2D eigenvalue weighted by molar-refractivity contribution is 5.94. The number of nitrogens with two attached hydrogens (primary N) is 1. The number of aromatic nitrogens is 2. The lowest BCUT2D eigenvalue weighted by molar-refractivity contribution is 0.0953. The minimum absolute atomic E-state index is 0. The number of hydrogen-bond donors (Lipinski definition) is 4. The fourth-order valence-electron chi connectivity index (χ4n) is 3.79. The molecule has 158 valence electrons. The van der Waals surface area contributed by atoms with Crippen molar-refractivity contribution in [2.24, 2.45) is 5.84 Å². The maximum absolute atomic E-state index is 12.2. The van der Waals surface area contributed by atoms with Crippen LogP contribution in [0.2, 0.25) is 0 Å². The summed E-state index contributed by atoms with van der Waals surface area (Å²) < 4.78 is 0. The highest BCUT2D eigenvalue weighted by Gasteiger charge is 2.17. The van der Waals surface area contributed by atoms with Crippen LogP contribution < -0.4 is 21.9 Å². The molecule has 0 atom stereocenters. The number of aryl methyl sites for hydroxylation is 1. The van der Waals surface area contributed by atoms with Gasteiger partial charge in [0, 0.05) is 36.1 Å². The van der Waals surface area contributed by atoms with Crippen LogP contribution in [-0.2, 0) is 12.8 Å². The fourth-order valence-corrected chi connectivity index (χ4v) is 3.79. The molecule has 0 radical (unpaired) electrons. The fraction of sp³-hybridized carbons (Fsp3) is 0.318. The topological polar surface area (TPSA) is 105 Å². The molecule has 3 aromatic rings. The summed E-state index contributed by atoms with van der Waals surface area (Å²) in [6.45, 7) is 1.38. The van der Waals surface area contributed by atoms with E-state index in [1.165, 1.54) is 41.4 Å². The average Bonchev–Trinajstić information content (AvgIpc) is 2.78. The first-order chi connectivity index (χ1) is 14.3. The third-order valence-electron chi connectivity index (χ3n) is 5.28. The second-order valence-corrected chi connectivity index (χ2v) is 7.25. The number of amides is 1. The van der Waals surface area contributed by atoms with Gasteiger partial charge in [-0.05, 0) is 55.9 Å². The van der Waals surface area contributed by atoms with Gasteiger partial charge in [-0.15, -0.1) is 12.4 Å². The van der Waals surface area contributed by atoms with Crippen LogP contribution >= 0.6 is 12.4 Å². The van der Waals surface area contributed by atoms with Crippen LogP contribution in [-0.4, -0.2) is 29.0 Å². The SMILES string of the molecule is Cl.NNc1ccc(C(=O)NCCCNc2c3c(nc4ccccc24)CCCC3)cn1. The molecule has 7 nitrogen and oxygen atoms in total. The number of para-hydroxylation sites is 1. The van der Waals surface area contributed by atoms with Crippen molar-refractivity contribution in [1.82, 2.24) is 15.3 Å². The van der Waals surface area contributed by atoms with Crippen LogP contribution in [0.25, 0.3) is 10.9 Å². The van der Waals surface area contributed by atoms with E-state index < -0.39 is 0 Å². The van der Waals surface area contributed by atoms with Gasteiger partial charge in [-0.3, -0.25) is 9.78 Å². The quantitative estimate of drug-likeness (QED) is 0.262. The number of nitrogen functional groups attached to an aromatic ring is 1. The zero-order valence-corrected chi connectivity index (χ0v) is 17.6. The molecule has 0 spiro atoms. The predicted molar refractivity (Wildman–Crippen MR) is 123 cm³/mol. The predicted octanol–water partition coefficient (Wildman–Crippen LogP) is 3.45. The molecule has 0 fully saturated rings. The molecule has 5 N–H and O–H groups in total. The molecule has 0 bridgehead atoms. The van der Waals surface area contributed by atoms with E-state index in [2.05, 4.69) is 39.2 Å². The van der Waals surface area contributed by atoms with Crippen molar-refractivity contribution in [2.45, 2.75) is 32.1 Å². The second-order valence-electron chi connectivity index (χ2n) is 7.25. The third-order valence-corrected chi connectivity index (χ3v) is 5.28. The van der Waals surface area contributed by atoms with Crippen LogP contribution in [0.4, 0.5) is 11.5 Å². The summed E-state index contributed by atoms with van der Waals surface area (Å²) in [6.07, 6.45) is 6.89. The van der Waals surface area contributed by atoms with Crippen LogP contribution in [0.1, 0.15) is 40.9 Å². The van der Waals surface area contributed by atoms with Gasteiger partial charge in [0.25, 0.3) is 5.91 Å². The van der Waals surface area contributed by atoms with Gasteiger partial charge in [-0.2, -0.15) is 0 Å². The van der Waals surface area contributed by atoms with E-state index in [-0.39, 0.29) is 18.3 Å². The zero-order chi connectivity index (χ0) is 20.1. The normalized spacial score (nSPS) is 12.6. The van der Waals surface area contributed by atoms with E-state index in [0.717, 1.165) is 31.3 Å². The summed E-state index contributed by atoms with van der Waals surface area (Å²) in [4.78, 5) is 21.1. The number of nitrogens with zero attached hydrogens (tertiary/aromatic N) is 2. The van der Waals surface area contributed by atoms with E-state index in [1.54, 1.807) is 12.1 Å². The Labute approximate surface area is 182 Å². The molecule has 0 unspecified atom stereocenters. The summed E-state index contributed by atoms with van der Waals surface area (Å²) in [5.41, 5.74) is 7.82. The van der Waals surface area contributed by atoms with Crippen molar-refractivity contribution in [2.75, 3.05) is 23.8 Å². The van der Waals surface area contributed by atoms with Crippen molar-refractivity contribution < 1.29 is 4.79 Å². The Balaban J connectivity index is 0.00000256. The van der Waals surface area contributed by atoms with Gasteiger partial charge in [0.2, 0.25) is 0 Å². The Morgan fingerprint density at radius 3 is 2.70 bits per heavy atom. The number of anilines is 2. The highest BCUT2D eigenvalue weighted by Crippen LogP contribution is 2.33. The van der Waals surface area contributed by atoms with Gasteiger partial charge >= 0.3 is 0 Å². The number of pyridine rings is 2. The minimum atomic E-state index is -0.132. The number of hydrogen-bond acceptors (Lipinski definition) is 6. The number of halogens is 1. The van der Waals surface area contributed by atoms with Crippen molar-refractivity contribution in [3.63, 3.8) is 0 Å². The van der Waals surface area contributed by atoms with E-state index in [4.69, 9.17) is 10.8 Å².